The van der Waals surface area contributed by atoms with Crippen molar-refractivity contribution in [1.29, 1.82) is 0 Å². The van der Waals surface area contributed by atoms with Crippen molar-refractivity contribution >= 4 is 59.3 Å². The van der Waals surface area contributed by atoms with Crippen LogP contribution < -0.4 is 4.90 Å². The molecule has 12 rings (SSSR count). The van der Waals surface area contributed by atoms with Gasteiger partial charge in [-0.1, -0.05) is 178 Å². The minimum Gasteiger partial charge on any atom is -0.310 e. The number of hydrogen-bond acceptors (Lipinski definition) is 2. The van der Waals surface area contributed by atoms with Crippen molar-refractivity contribution in [2.75, 3.05) is 4.90 Å². The smallest absolute Gasteiger partial charge is 0.0554 e. The number of rotatable bonds is 7. The predicted octanol–water partition coefficient (Wildman–Crippen LogP) is 17.7. The van der Waals surface area contributed by atoms with Crippen LogP contribution in [0.5, 0.6) is 0 Å². The largest absolute Gasteiger partial charge is 0.310 e. The van der Waals surface area contributed by atoms with Gasteiger partial charge in [-0.2, -0.15) is 0 Å². The minimum absolute atomic E-state index is 0.0419. The standard InChI is InChI=1S/C61H43NS/c1-61(2)55-17-7-5-15-52(55)53-36-31-49(39-56(53)61)44-29-34-51(35-30-44)62(57-18-10-20-59-60(57)54-16-6-8-19-58(54)63-59)50-32-27-42(28-33-50)41-21-23-43(24-22-41)46-13-9-14-47(37-46)48-26-25-40-11-3-4-12-45(40)38-48/h3-39H,1-2H3. The molecule has 2 heteroatoms. The molecule has 0 aliphatic heterocycles. The molecule has 0 N–H and O–H groups in total. The highest BCUT2D eigenvalue weighted by molar-refractivity contribution is 7.26. The first kappa shape index (κ1) is 37.3. The Morgan fingerprint density at radius 3 is 1.60 bits per heavy atom. The highest BCUT2D eigenvalue weighted by atomic mass is 32.1. The van der Waals surface area contributed by atoms with E-state index in [4.69, 9.17) is 0 Å². The van der Waals surface area contributed by atoms with Crippen molar-refractivity contribution < 1.29 is 0 Å². The van der Waals surface area contributed by atoms with Crippen LogP contribution in [0.1, 0.15) is 25.0 Å². The number of fused-ring (bicyclic) bond motifs is 7. The fourth-order valence-electron chi connectivity index (χ4n) is 9.96. The SMILES string of the molecule is CC1(C)c2ccccc2-c2ccc(-c3ccc(N(c4ccc(-c5ccc(-c6cccc(-c7ccc8ccccc8c7)c6)cc5)cc4)c4cccc5sc6ccccc6c45)cc3)cc21. The summed E-state index contributed by atoms with van der Waals surface area (Å²) in [6.45, 7) is 4.70. The minimum atomic E-state index is -0.0419. The second kappa shape index (κ2) is 14.8. The lowest BCUT2D eigenvalue weighted by Crippen LogP contribution is -2.14. The van der Waals surface area contributed by atoms with E-state index < -0.39 is 0 Å². The number of anilines is 3. The fraction of sp³-hybridized carbons (Fsp3) is 0.0492. The second-order valence-corrected chi connectivity index (χ2v) is 18.4. The first-order valence-electron chi connectivity index (χ1n) is 21.8. The van der Waals surface area contributed by atoms with Gasteiger partial charge < -0.3 is 4.90 Å². The summed E-state index contributed by atoms with van der Waals surface area (Å²) in [6.07, 6.45) is 0. The van der Waals surface area contributed by atoms with Crippen LogP contribution in [0.3, 0.4) is 0 Å². The molecule has 0 spiro atoms. The quantitative estimate of drug-likeness (QED) is 0.155. The molecule has 0 saturated carbocycles. The summed E-state index contributed by atoms with van der Waals surface area (Å²) in [6, 6.07) is 82.8. The summed E-state index contributed by atoms with van der Waals surface area (Å²) in [7, 11) is 0. The lowest BCUT2D eigenvalue weighted by Gasteiger charge is -2.27. The molecule has 10 aromatic carbocycles. The van der Waals surface area contributed by atoms with Crippen molar-refractivity contribution in [3.05, 3.63) is 236 Å². The Bertz CT molecular complexity index is 3520. The molecule has 298 valence electrons. The van der Waals surface area contributed by atoms with Gasteiger partial charge in [0.1, 0.15) is 0 Å². The number of nitrogens with zero attached hydrogens (tertiary/aromatic N) is 1. The van der Waals surface area contributed by atoms with Crippen molar-refractivity contribution in [2.45, 2.75) is 19.3 Å². The van der Waals surface area contributed by atoms with Gasteiger partial charge in [-0.25, -0.2) is 0 Å². The summed E-state index contributed by atoms with van der Waals surface area (Å²) in [5.74, 6) is 0. The first-order valence-corrected chi connectivity index (χ1v) is 22.6. The number of thiophene rings is 1. The molecule has 0 amide bonds. The maximum Gasteiger partial charge on any atom is 0.0554 e. The van der Waals surface area contributed by atoms with E-state index in [1.807, 2.05) is 11.3 Å². The van der Waals surface area contributed by atoms with Crippen LogP contribution in [-0.4, -0.2) is 0 Å². The third-order valence-corrected chi connectivity index (χ3v) is 14.4. The van der Waals surface area contributed by atoms with Gasteiger partial charge in [0.15, 0.2) is 0 Å². The van der Waals surface area contributed by atoms with Gasteiger partial charge >= 0.3 is 0 Å². The first-order chi connectivity index (χ1) is 31.0. The normalized spacial score (nSPS) is 12.7. The molecule has 1 aliphatic rings. The average molecular weight is 822 g/mol. The Balaban J connectivity index is 0.881. The molecule has 63 heavy (non-hydrogen) atoms. The maximum absolute atomic E-state index is 2.43. The monoisotopic (exact) mass is 821 g/mol. The lowest BCUT2D eigenvalue weighted by molar-refractivity contribution is 0.660. The van der Waals surface area contributed by atoms with Gasteiger partial charge in [-0.3, -0.25) is 0 Å². The molecule has 0 saturated heterocycles. The van der Waals surface area contributed by atoms with Crippen LogP contribution in [0.4, 0.5) is 17.1 Å². The van der Waals surface area contributed by atoms with Gasteiger partial charge in [0.05, 0.1) is 5.69 Å². The Labute approximate surface area is 372 Å². The zero-order chi connectivity index (χ0) is 42.1. The Kier molecular flexibility index (Phi) is 8.77. The van der Waals surface area contributed by atoms with E-state index in [1.54, 1.807) is 0 Å². The van der Waals surface area contributed by atoms with Gasteiger partial charge in [0.25, 0.3) is 0 Å². The second-order valence-electron chi connectivity index (χ2n) is 17.3. The van der Waals surface area contributed by atoms with Crippen LogP contribution in [0, 0.1) is 0 Å². The van der Waals surface area contributed by atoms with E-state index in [-0.39, 0.29) is 5.41 Å². The predicted molar refractivity (Wildman–Crippen MR) is 271 cm³/mol. The summed E-state index contributed by atoms with van der Waals surface area (Å²) in [4.78, 5) is 2.43. The van der Waals surface area contributed by atoms with Crippen LogP contribution in [0.25, 0.3) is 86.6 Å². The lowest BCUT2D eigenvalue weighted by atomic mass is 9.81. The Morgan fingerprint density at radius 1 is 0.349 bits per heavy atom. The molecule has 11 aromatic rings. The van der Waals surface area contributed by atoms with Crippen molar-refractivity contribution in [1.82, 2.24) is 0 Å². The summed E-state index contributed by atoms with van der Waals surface area (Å²) < 4.78 is 2.59. The average Bonchev–Trinajstić information content (AvgIpc) is 3.84. The summed E-state index contributed by atoms with van der Waals surface area (Å²) in [5.41, 5.74) is 18.6. The zero-order valence-electron chi connectivity index (χ0n) is 35.2. The maximum atomic E-state index is 2.43. The molecular weight excluding hydrogens is 779 g/mol. The third kappa shape index (κ3) is 6.37. The van der Waals surface area contributed by atoms with Crippen LogP contribution >= 0.6 is 11.3 Å². The summed E-state index contributed by atoms with van der Waals surface area (Å²) >= 11 is 1.86. The molecule has 0 bridgehead atoms. The van der Waals surface area contributed by atoms with Crippen molar-refractivity contribution in [3.63, 3.8) is 0 Å². The highest BCUT2D eigenvalue weighted by Crippen LogP contribution is 2.50. The zero-order valence-corrected chi connectivity index (χ0v) is 36.0. The van der Waals surface area contributed by atoms with Gasteiger partial charge in [0.2, 0.25) is 0 Å². The van der Waals surface area contributed by atoms with Crippen molar-refractivity contribution in [3.8, 4) is 55.6 Å². The molecule has 0 radical (unpaired) electrons. The summed E-state index contributed by atoms with van der Waals surface area (Å²) in [5, 5.41) is 5.09. The highest BCUT2D eigenvalue weighted by Gasteiger charge is 2.35. The molecule has 0 atom stereocenters. The molecule has 0 unspecified atom stereocenters. The number of benzene rings is 10. The van der Waals surface area contributed by atoms with Crippen LogP contribution in [0.2, 0.25) is 0 Å². The molecule has 1 heterocycles. The Morgan fingerprint density at radius 2 is 0.857 bits per heavy atom. The molecular formula is C61H43NS. The third-order valence-electron chi connectivity index (χ3n) is 13.3. The fourth-order valence-corrected chi connectivity index (χ4v) is 11.1. The van der Waals surface area contributed by atoms with Crippen LogP contribution in [0.15, 0.2) is 224 Å². The molecule has 1 aliphatic carbocycles. The van der Waals surface area contributed by atoms with E-state index in [9.17, 15) is 0 Å². The van der Waals surface area contributed by atoms with Crippen LogP contribution in [-0.2, 0) is 5.41 Å². The van der Waals surface area contributed by atoms with E-state index in [0.29, 0.717) is 0 Å². The van der Waals surface area contributed by atoms with Crippen molar-refractivity contribution in [2.24, 2.45) is 0 Å². The van der Waals surface area contributed by atoms with E-state index in [2.05, 4.69) is 243 Å². The topological polar surface area (TPSA) is 3.24 Å². The Hall–Kier alpha value is -7.52. The van der Waals surface area contributed by atoms with E-state index >= 15 is 0 Å². The number of hydrogen-bond donors (Lipinski definition) is 0. The van der Waals surface area contributed by atoms with E-state index in [1.165, 1.54) is 103 Å². The molecule has 1 nitrogen and oxygen atoms in total. The van der Waals surface area contributed by atoms with Gasteiger partial charge in [-0.15, -0.1) is 11.3 Å². The van der Waals surface area contributed by atoms with E-state index in [0.717, 1.165) is 11.4 Å². The van der Waals surface area contributed by atoms with Gasteiger partial charge in [0, 0.05) is 37.0 Å². The molecule has 0 fully saturated rings. The van der Waals surface area contributed by atoms with Gasteiger partial charge in [-0.05, 0) is 138 Å². The molecule has 1 aromatic heterocycles.